The normalized spacial score (nSPS) is 11.0. The minimum absolute atomic E-state index is 0. The van der Waals surface area contributed by atoms with Gasteiger partial charge in [0.1, 0.15) is 5.78 Å². The van der Waals surface area contributed by atoms with Crippen LogP contribution in [0.25, 0.3) is 0 Å². The minimum Gasteiger partial charge on any atom is -0.562 e. The van der Waals surface area contributed by atoms with Crippen molar-refractivity contribution in [2.45, 2.75) is 0 Å². The molecule has 5 N–H and O–H groups in total. The van der Waals surface area contributed by atoms with Gasteiger partial charge in [-0.3, -0.25) is 0 Å². The molecule has 0 radical (unpaired) electrons. The van der Waals surface area contributed by atoms with Crippen LogP contribution in [0.15, 0.2) is 54.2 Å². The number of carbonyl (C=O) groups excluding carboxylic acids is 1. The van der Waals surface area contributed by atoms with Crippen LogP contribution < -0.4 is 15.5 Å². The molecule has 0 saturated carbocycles. The van der Waals surface area contributed by atoms with Crippen molar-refractivity contribution in [1.82, 2.24) is 0 Å². The van der Waals surface area contributed by atoms with Gasteiger partial charge in [-0.15, -0.1) is 6.07 Å². The number of phenolic OH excluding ortho intramolecular Hbond substituents is 1. The number of Topliss-reactive ketones (excluding diaryl/α,β-unsaturated/α-hetero) is 1. The summed E-state index contributed by atoms with van der Waals surface area (Å²) in [6, 6.07) is 14.2. The molecule has 7 nitrogen and oxygen atoms in total. The monoisotopic (exact) mass is 578 g/mol. The van der Waals surface area contributed by atoms with E-state index in [1.807, 2.05) is 18.2 Å². The number of ketones is 1. The molecule has 132 valence electrons. The summed E-state index contributed by atoms with van der Waals surface area (Å²) in [6.07, 6.45) is 2.51. The molecule has 0 amide bonds. The van der Waals surface area contributed by atoms with Crippen LogP contribution in [-0.4, -0.2) is 34.8 Å². The number of hydrogen-bond acceptors (Lipinski definition) is 5. The number of carbonyl (C=O) groups is 2. The number of benzene rings is 2. The van der Waals surface area contributed by atoms with E-state index in [-0.39, 0.29) is 53.7 Å². The van der Waals surface area contributed by atoms with Crippen LogP contribution in [0.2, 0.25) is 0 Å². The van der Waals surface area contributed by atoms with Gasteiger partial charge in [0.05, 0.1) is 11.3 Å². The smallest absolute Gasteiger partial charge is 0.341 e. The molecule has 2 aromatic carbocycles. The fraction of sp³-hybridized carbons (Fsp3) is 0.0556. The number of carboxylic acids is 1. The molecule has 26 heavy (non-hydrogen) atoms. The summed E-state index contributed by atoms with van der Waals surface area (Å²) >= 11 is 0. The van der Waals surface area contributed by atoms with E-state index in [1.165, 1.54) is 18.3 Å². The van der Waals surface area contributed by atoms with Crippen molar-refractivity contribution >= 4 is 23.7 Å². The van der Waals surface area contributed by atoms with Gasteiger partial charge in [-0.2, -0.15) is 12.1 Å². The number of rotatable bonds is 7. The average Bonchev–Trinajstić information content (AvgIpc) is 2.61. The molecule has 2 aromatic rings. The SMILES string of the molecule is NC=C(C=[NH+]c1ccccc1)C(=O)c1c[c-]cc(O)c1OCC(=O)O.[U]. The van der Waals surface area contributed by atoms with Crippen LogP contribution in [0.1, 0.15) is 10.4 Å². The minimum atomic E-state index is -1.24. The Balaban J connectivity index is 0.00000338. The Labute approximate surface area is 173 Å². The largest absolute Gasteiger partial charge is 0.562 e. The molecule has 0 aliphatic rings. The number of carboxylic acid groups (broad SMARTS) is 1. The van der Waals surface area contributed by atoms with Crippen molar-refractivity contribution in [3.63, 3.8) is 0 Å². The standard InChI is InChI=1S/C18H15N2O5.U/c19-9-12(10-20-13-5-2-1-3-6-13)17(24)14-7-4-8-15(21)18(14)25-11-16(22)23;/h1-3,5-10,21H,11,19H2,(H,22,23);/q-1;/p+1. The van der Waals surface area contributed by atoms with E-state index in [0.29, 0.717) is 0 Å². The van der Waals surface area contributed by atoms with E-state index < -0.39 is 18.4 Å². The van der Waals surface area contributed by atoms with Gasteiger partial charge in [0.2, 0.25) is 5.69 Å². The van der Waals surface area contributed by atoms with Crippen molar-refractivity contribution < 1.29 is 60.6 Å². The second-order valence-electron chi connectivity index (χ2n) is 4.87. The Kier molecular flexibility index (Phi) is 8.62. The van der Waals surface area contributed by atoms with Crippen LogP contribution in [0, 0.1) is 37.2 Å². The maximum Gasteiger partial charge on any atom is 0.341 e. The number of ether oxygens (including phenoxy) is 1. The molecule has 8 heteroatoms. The quantitative estimate of drug-likeness (QED) is 0.161. The van der Waals surface area contributed by atoms with Crippen molar-refractivity contribution in [2.24, 2.45) is 5.73 Å². The van der Waals surface area contributed by atoms with Gasteiger partial charge in [0.25, 0.3) is 0 Å². The number of aromatic hydroxyl groups is 1. The maximum atomic E-state index is 12.6. The van der Waals surface area contributed by atoms with Crippen LogP contribution in [0.4, 0.5) is 5.69 Å². The van der Waals surface area contributed by atoms with E-state index in [4.69, 9.17) is 15.6 Å². The first-order valence-corrected chi connectivity index (χ1v) is 7.22. The zero-order valence-corrected chi connectivity index (χ0v) is 17.8. The fourth-order valence-corrected chi connectivity index (χ4v) is 1.97. The maximum absolute atomic E-state index is 12.6. The van der Waals surface area contributed by atoms with E-state index in [0.717, 1.165) is 11.9 Å². The third kappa shape index (κ3) is 5.76. The number of phenols is 1. The molecule has 0 heterocycles. The molecule has 0 aromatic heterocycles. The molecule has 2 rings (SSSR count). The van der Waals surface area contributed by atoms with Crippen LogP contribution in [0.5, 0.6) is 11.5 Å². The molecule has 0 atom stereocenters. The molecule has 0 bridgehead atoms. The van der Waals surface area contributed by atoms with Gasteiger partial charge in [-0.25, -0.2) is 9.79 Å². The summed E-state index contributed by atoms with van der Waals surface area (Å²) in [5.74, 6) is -2.42. The first-order valence-electron chi connectivity index (χ1n) is 7.22. The summed E-state index contributed by atoms with van der Waals surface area (Å²) in [6.45, 7) is -0.703. The number of hydrogen-bond donors (Lipinski definition) is 4. The van der Waals surface area contributed by atoms with Gasteiger partial charge in [0.15, 0.2) is 12.8 Å². The summed E-state index contributed by atoms with van der Waals surface area (Å²) in [4.78, 5) is 26.2. The zero-order chi connectivity index (χ0) is 18.2. The summed E-state index contributed by atoms with van der Waals surface area (Å²) < 4.78 is 5.02. The van der Waals surface area contributed by atoms with Crippen molar-refractivity contribution in [2.75, 3.05) is 6.61 Å². The van der Waals surface area contributed by atoms with Crippen molar-refractivity contribution in [1.29, 1.82) is 0 Å². The molecule has 0 aliphatic carbocycles. The second kappa shape index (κ2) is 10.4. The van der Waals surface area contributed by atoms with E-state index in [1.54, 1.807) is 12.1 Å². The molecule has 0 spiro atoms. The Morgan fingerprint density at radius 1 is 1.23 bits per heavy atom. The predicted molar refractivity (Wildman–Crippen MR) is 89.8 cm³/mol. The molecular weight excluding hydrogens is 562 g/mol. The zero-order valence-electron chi connectivity index (χ0n) is 13.6. The Bertz CT molecular complexity index is 835. The summed E-state index contributed by atoms with van der Waals surface area (Å²) in [5, 5.41) is 18.6. The molecule has 0 saturated heterocycles. The number of aliphatic carboxylic acids is 1. The summed E-state index contributed by atoms with van der Waals surface area (Å²) in [7, 11) is 0. The summed E-state index contributed by atoms with van der Waals surface area (Å²) in [5.41, 5.74) is 6.32. The van der Waals surface area contributed by atoms with Gasteiger partial charge in [0, 0.05) is 55.2 Å². The molecular formula is C18H16N2O5U. The number of para-hydroxylation sites is 1. The third-order valence-electron chi connectivity index (χ3n) is 3.12. The molecule has 0 aliphatic heterocycles. The van der Waals surface area contributed by atoms with Crippen LogP contribution >= 0.6 is 0 Å². The number of nitrogens with two attached hydrogens (primary N) is 1. The third-order valence-corrected chi connectivity index (χ3v) is 3.12. The Hall–Kier alpha value is -2.56. The van der Waals surface area contributed by atoms with Crippen molar-refractivity contribution in [3.8, 4) is 11.5 Å². The van der Waals surface area contributed by atoms with E-state index in [9.17, 15) is 14.7 Å². The number of allylic oxidation sites excluding steroid dienone is 1. The first-order chi connectivity index (χ1) is 12.0. The average molecular weight is 578 g/mol. The number of nitrogens with one attached hydrogen (secondary N) is 1. The van der Waals surface area contributed by atoms with Crippen LogP contribution in [-0.2, 0) is 4.79 Å². The Morgan fingerprint density at radius 2 is 1.92 bits per heavy atom. The van der Waals surface area contributed by atoms with Crippen molar-refractivity contribution in [3.05, 3.63) is 65.9 Å². The fourth-order valence-electron chi connectivity index (χ4n) is 1.97. The van der Waals surface area contributed by atoms with Gasteiger partial charge in [-0.05, 0) is 5.56 Å². The van der Waals surface area contributed by atoms with Gasteiger partial charge >= 0.3 is 5.97 Å². The molecule has 0 unspecified atom stereocenters. The van der Waals surface area contributed by atoms with Gasteiger partial charge in [-0.1, -0.05) is 18.2 Å². The topological polar surface area (TPSA) is 124 Å². The second-order valence-corrected chi connectivity index (χ2v) is 4.87. The molecule has 0 fully saturated rings. The van der Waals surface area contributed by atoms with E-state index in [2.05, 4.69) is 11.1 Å². The Morgan fingerprint density at radius 3 is 2.54 bits per heavy atom. The van der Waals surface area contributed by atoms with E-state index >= 15 is 0 Å². The van der Waals surface area contributed by atoms with Gasteiger partial charge < -0.3 is 25.5 Å². The predicted octanol–water partition coefficient (Wildman–Crippen LogP) is 0.164. The first kappa shape index (κ1) is 21.5. The van der Waals surface area contributed by atoms with Crippen LogP contribution in [0.3, 0.4) is 0 Å².